The zero-order valence-corrected chi connectivity index (χ0v) is 11.8. The van der Waals surface area contributed by atoms with Crippen molar-refractivity contribution in [1.82, 2.24) is 0 Å². The van der Waals surface area contributed by atoms with Crippen LogP contribution in [0.15, 0.2) is 24.3 Å². The maximum absolute atomic E-state index is 5.78. The van der Waals surface area contributed by atoms with Crippen LogP contribution in [0.3, 0.4) is 0 Å². The molecule has 3 atom stereocenters. The first kappa shape index (κ1) is 11.6. The van der Waals surface area contributed by atoms with E-state index >= 15 is 0 Å². The molecule has 92 valence electrons. The lowest BCUT2D eigenvalue weighted by Gasteiger charge is -2.18. The van der Waals surface area contributed by atoms with Gasteiger partial charge in [0.15, 0.2) is 0 Å². The van der Waals surface area contributed by atoms with Gasteiger partial charge in [-0.2, -0.15) is 0 Å². The lowest BCUT2D eigenvalue weighted by molar-refractivity contribution is 0.303. The standard InChI is InChI=1S/C15H19BrO/c1-10-14(8-9-15(10)16)11-2-4-12(5-3-11)17-13-6-7-13/h2-5,10,13-15H,6-9H2,1H3. The molecule has 2 heteroatoms. The quantitative estimate of drug-likeness (QED) is 0.746. The van der Waals surface area contributed by atoms with E-state index in [2.05, 4.69) is 47.1 Å². The first-order valence-corrected chi connectivity index (χ1v) is 7.56. The van der Waals surface area contributed by atoms with Crippen LogP contribution in [0.25, 0.3) is 0 Å². The van der Waals surface area contributed by atoms with Crippen LogP contribution < -0.4 is 4.74 Å². The average Bonchev–Trinajstić information content (AvgIpc) is 3.09. The summed E-state index contributed by atoms with van der Waals surface area (Å²) in [5.74, 6) is 2.50. The number of benzene rings is 1. The topological polar surface area (TPSA) is 9.23 Å². The van der Waals surface area contributed by atoms with Crippen molar-refractivity contribution in [2.45, 2.75) is 49.5 Å². The Morgan fingerprint density at radius 1 is 1.06 bits per heavy atom. The van der Waals surface area contributed by atoms with Crippen LogP contribution in [0.1, 0.15) is 44.1 Å². The molecule has 0 aromatic heterocycles. The van der Waals surface area contributed by atoms with Crippen molar-refractivity contribution < 1.29 is 4.74 Å². The first-order valence-electron chi connectivity index (χ1n) is 6.65. The van der Waals surface area contributed by atoms with Crippen molar-refractivity contribution in [2.75, 3.05) is 0 Å². The zero-order valence-electron chi connectivity index (χ0n) is 10.2. The van der Waals surface area contributed by atoms with Gasteiger partial charge >= 0.3 is 0 Å². The van der Waals surface area contributed by atoms with E-state index in [1.807, 2.05) is 0 Å². The summed E-state index contributed by atoms with van der Waals surface area (Å²) in [4.78, 5) is 0.690. The monoisotopic (exact) mass is 294 g/mol. The van der Waals surface area contributed by atoms with Crippen LogP contribution in [-0.4, -0.2) is 10.9 Å². The Morgan fingerprint density at radius 2 is 1.76 bits per heavy atom. The second-order valence-electron chi connectivity index (χ2n) is 5.45. The van der Waals surface area contributed by atoms with Crippen molar-refractivity contribution >= 4 is 15.9 Å². The highest BCUT2D eigenvalue weighted by atomic mass is 79.9. The summed E-state index contributed by atoms with van der Waals surface area (Å²) in [5.41, 5.74) is 1.47. The van der Waals surface area contributed by atoms with Crippen LogP contribution >= 0.6 is 15.9 Å². The molecule has 2 fully saturated rings. The molecule has 17 heavy (non-hydrogen) atoms. The molecule has 3 rings (SSSR count). The van der Waals surface area contributed by atoms with E-state index in [0.717, 1.165) is 11.7 Å². The molecule has 1 aromatic rings. The largest absolute Gasteiger partial charge is 0.490 e. The average molecular weight is 295 g/mol. The molecular weight excluding hydrogens is 276 g/mol. The van der Waals surface area contributed by atoms with Gasteiger partial charge < -0.3 is 4.74 Å². The maximum Gasteiger partial charge on any atom is 0.119 e. The van der Waals surface area contributed by atoms with Crippen molar-refractivity contribution in [3.63, 3.8) is 0 Å². The summed E-state index contributed by atoms with van der Waals surface area (Å²) in [6.45, 7) is 2.35. The van der Waals surface area contributed by atoms with E-state index in [1.54, 1.807) is 0 Å². The Bertz CT molecular complexity index is 382. The van der Waals surface area contributed by atoms with Crippen LogP contribution in [0.4, 0.5) is 0 Å². The van der Waals surface area contributed by atoms with E-state index in [1.165, 1.54) is 31.2 Å². The summed E-state index contributed by atoms with van der Waals surface area (Å²) in [7, 11) is 0. The summed E-state index contributed by atoms with van der Waals surface area (Å²) in [6, 6.07) is 8.79. The zero-order chi connectivity index (χ0) is 11.8. The molecule has 0 heterocycles. The molecule has 2 aliphatic carbocycles. The van der Waals surface area contributed by atoms with E-state index in [0.29, 0.717) is 16.8 Å². The minimum atomic E-state index is 0.498. The van der Waals surface area contributed by atoms with Crippen LogP contribution in [-0.2, 0) is 0 Å². The summed E-state index contributed by atoms with van der Waals surface area (Å²) >= 11 is 3.77. The first-order chi connectivity index (χ1) is 8.24. The smallest absolute Gasteiger partial charge is 0.119 e. The number of hydrogen-bond donors (Lipinski definition) is 0. The van der Waals surface area contributed by atoms with E-state index < -0.39 is 0 Å². The van der Waals surface area contributed by atoms with Gasteiger partial charge in [0, 0.05) is 4.83 Å². The number of halogens is 1. The Balaban J connectivity index is 1.70. The predicted molar refractivity (Wildman–Crippen MR) is 73.9 cm³/mol. The number of rotatable bonds is 3. The van der Waals surface area contributed by atoms with Gasteiger partial charge in [-0.05, 0) is 55.2 Å². The summed E-state index contributed by atoms with van der Waals surface area (Å²) in [5, 5.41) is 0. The van der Waals surface area contributed by atoms with Gasteiger partial charge in [0.2, 0.25) is 0 Å². The van der Waals surface area contributed by atoms with E-state index in [4.69, 9.17) is 4.74 Å². The highest BCUT2D eigenvalue weighted by Crippen LogP contribution is 2.43. The third kappa shape index (κ3) is 2.52. The normalized spacial score (nSPS) is 32.7. The molecule has 0 radical (unpaired) electrons. The minimum Gasteiger partial charge on any atom is -0.490 e. The Kier molecular flexibility index (Phi) is 3.16. The lowest BCUT2D eigenvalue weighted by Crippen LogP contribution is -2.09. The molecule has 2 saturated carbocycles. The SMILES string of the molecule is CC1C(Br)CCC1c1ccc(OC2CC2)cc1. The van der Waals surface area contributed by atoms with Crippen molar-refractivity contribution in [3.05, 3.63) is 29.8 Å². The van der Waals surface area contributed by atoms with Gasteiger partial charge in [0.05, 0.1) is 6.10 Å². The van der Waals surface area contributed by atoms with E-state index in [-0.39, 0.29) is 0 Å². The molecule has 3 unspecified atom stereocenters. The van der Waals surface area contributed by atoms with Crippen LogP contribution in [0, 0.1) is 5.92 Å². The predicted octanol–water partition coefficient (Wildman–Crippen LogP) is 4.50. The Labute approximate surface area is 112 Å². The van der Waals surface area contributed by atoms with Crippen LogP contribution in [0.5, 0.6) is 5.75 Å². The van der Waals surface area contributed by atoms with Gasteiger partial charge in [-0.15, -0.1) is 0 Å². The molecule has 0 bridgehead atoms. The number of alkyl halides is 1. The fraction of sp³-hybridized carbons (Fsp3) is 0.600. The second kappa shape index (κ2) is 4.64. The fourth-order valence-electron chi connectivity index (χ4n) is 2.76. The fourth-order valence-corrected chi connectivity index (χ4v) is 3.39. The highest BCUT2D eigenvalue weighted by molar-refractivity contribution is 9.09. The molecule has 0 aliphatic heterocycles. The van der Waals surface area contributed by atoms with E-state index in [9.17, 15) is 0 Å². The molecule has 0 amide bonds. The van der Waals surface area contributed by atoms with Crippen LogP contribution in [0.2, 0.25) is 0 Å². The Hall–Kier alpha value is -0.500. The number of ether oxygens (including phenoxy) is 1. The Morgan fingerprint density at radius 3 is 2.29 bits per heavy atom. The van der Waals surface area contributed by atoms with Crippen molar-refractivity contribution in [3.8, 4) is 5.75 Å². The van der Waals surface area contributed by atoms with Gasteiger partial charge in [-0.3, -0.25) is 0 Å². The van der Waals surface area contributed by atoms with Gasteiger partial charge in [0.1, 0.15) is 5.75 Å². The van der Waals surface area contributed by atoms with Gasteiger partial charge in [-0.25, -0.2) is 0 Å². The highest BCUT2D eigenvalue weighted by Gasteiger charge is 2.32. The second-order valence-corrected chi connectivity index (χ2v) is 6.62. The van der Waals surface area contributed by atoms with Gasteiger partial charge in [0.25, 0.3) is 0 Å². The molecule has 2 aliphatic rings. The molecule has 0 N–H and O–H groups in total. The lowest BCUT2D eigenvalue weighted by atomic mass is 9.90. The van der Waals surface area contributed by atoms with Gasteiger partial charge in [-0.1, -0.05) is 35.0 Å². The van der Waals surface area contributed by atoms with Crippen molar-refractivity contribution in [2.24, 2.45) is 5.92 Å². The third-order valence-electron chi connectivity index (χ3n) is 4.09. The molecule has 0 saturated heterocycles. The molecular formula is C15H19BrO. The minimum absolute atomic E-state index is 0.498. The molecule has 1 aromatic carbocycles. The third-order valence-corrected chi connectivity index (χ3v) is 5.39. The maximum atomic E-state index is 5.78. The van der Waals surface area contributed by atoms with Crippen molar-refractivity contribution in [1.29, 1.82) is 0 Å². The summed E-state index contributed by atoms with van der Waals surface area (Å²) in [6.07, 6.45) is 5.56. The number of hydrogen-bond acceptors (Lipinski definition) is 1. The molecule has 1 nitrogen and oxygen atoms in total. The molecule has 0 spiro atoms. The summed E-state index contributed by atoms with van der Waals surface area (Å²) < 4.78 is 5.78.